The van der Waals surface area contributed by atoms with Crippen molar-refractivity contribution in [1.82, 2.24) is 0 Å². The molecule has 0 amide bonds. The Morgan fingerprint density at radius 2 is 2.16 bits per heavy atom. The van der Waals surface area contributed by atoms with E-state index in [-0.39, 0.29) is 0 Å². The van der Waals surface area contributed by atoms with Crippen molar-refractivity contribution in [2.75, 3.05) is 0 Å². The summed E-state index contributed by atoms with van der Waals surface area (Å²) in [5.41, 5.74) is 0.567. The maximum Gasteiger partial charge on any atom is 0.125 e. The van der Waals surface area contributed by atoms with Gasteiger partial charge in [-0.3, -0.25) is 0 Å². The van der Waals surface area contributed by atoms with E-state index < -0.39 is 0 Å². The summed E-state index contributed by atoms with van der Waals surface area (Å²) < 4.78 is 0.837. The van der Waals surface area contributed by atoms with Gasteiger partial charge in [0.1, 0.15) is 12.4 Å². The Morgan fingerprint density at radius 3 is 2.79 bits per heavy atom. The molecule has 2 aromatic rings. The third-order valence-corrected chi connectivity index (χ3v) is 5.34. The minimum absolute atomic E-state index is 0.328. The molecule has 19 heavy (non-hydrogen) atoms. The number of nitriles is 1. The molecular weight excluding hydrogens is 321 g/mol. The number of nitrogens with zero attached hydrogens (tertiary/aromatic N) is 1. The van der Waals surface area contributed by atoms with Gasteiger partial charge in [0.15, 0.2) is 0 Å². The minimum Gasteiger partial charge on any atom is -0.303 e. The highest BCUT2D eigenvalue weighted by molar-refractivity contribution is 8.01. The summed E-state index contributed by atoms with van der Waals surface area (Å²) in [7, 11) is 0. The third kappa shape index (κ3) is 3.52. The molecular formula is C13H7Cl2NOS2. The molecule has 1 heterocycles. The number of thiophene rings is 1. The highest BCUT2D eigenvalue weighted by Crippen LogP contribution is 2.40. The van der Waals surface area contributed by atoms with Crippen LogP contribution in [-0.2, 0) is 11.2 Å². The molecule has 0 atom stereocenters. The van der Waals surface area contributed by atoms with E-state index in [9.17, 15) is 4.79 Å². The Hall–Kier alpha value is -0.990. The first kappa shape index (κ1) is 14.4. The fourth-order valence-corrected chi connectivity index (χ4v) is 4.19. The first-order chi connectivity index (χ1) is 9.13. The maximum absolute atomic E-state index is 10.5. The molecule has 0 aliphatic carbocycles. The fourth-order valence-electron chi connectivity index (χ4n) is 1.42. The van der Waals surface area contributed by atoms with Crippen LogP contribution in [-0.4, -0.2) is 6.29 Å². The van der Waals surface area contributed by atoms with Crippen LogP contribution in [0.25, 0.3) is 0 Å². The predicted molar refractivity (Wildman–Crippen MR) is 79.4 cm³/mol. The van der Waals surface area contributed by atoms with Crippen molar-refractivity contribution in [3.05, 3.63) is 44.8 Å². The van der Waals surface area contributed by atoms with Crippen LogP contribution < -0.4 is 0 Å². The SMILES string of the molecule is N#Cc1cc(CC=O)sc1Sc1ccc(Cl)cc1Cl. The van der Waals surface area contributed by atoms with Gasteiger partial charge in [0.2, 0.25) is 0 Å². The number of carbonyl (C=O) groups is 1. The molecule has 0 aliphatic heterocycles. The van der Waals surface area contributed by atoms with E-state index in [1.807, 2.05) is 6.07 Å². The zero-order valence-corrected chi connectivity index (χ0v) is 12.7. The monoisotopic (exact) mass is 327 g/mol. The van der Waals surface area contributed by atoms with Gasteiger partial charge in [0, 0.05) is 21.2 Å². The van der Waals surface area contributed by atoms with Crippen LogP contribution in [0.4, 0.5) is 0 Å². The molecule has 0 radical (unpaired) electrons. The van der Waals surface area contributed by atoms with Crippen molar-refractivity contribution in [2.24, 2.45) is 0 Å². The van der Waals surface area contributed by atoms with Gasteiger partial charge >= 0.3 is 0 Å². The molecule has 0 bridgehead atoms. The molecule has 0 N–H and O–H groups in total. The summed E-state index contributed by atoms with van der Waals surface area (Å²) in [4.78, 5) is 12.2. The summed E-state index contributed by atoms with van der Waals surface area (Å²) in [5.74, 6) is 0. The van der Waals surface area contributed by atoms with Crippen molar-refractivity contribution in [1.29, 1.82) is 5.26 Å². The number of halogens is 2. The second-order valence-corrected chi connectivity index (χ2v) is 6.86. The Bertz CT molecular complexity index is 661. The number of hydrogen-bond acceptors (Lipinski definition) is 4. The van der Waals surface area contributed by atoms with E-state index in [0.29, 0.717) is 22.0 Å². The van der Waals surface area contributed by atoms with Crippen molar-refractivity contribution < 1.29 is 4.79 Å². The number of carbonyl (C=O) groups excluding carboxylic acids is 1. The zero-order chi connectivity index (χ0) is 13.8. The summed E-state index contributed by atoms with van der Waals surface area (Å²) in [6.45, 7) is 0. The lowest BCUT2D eigenvalue weighted by molar-refractivity contribution is -0.107. The lowest BCUT2D eigenvalue weighted by atomic mass is 10.3. The number of rotatable bonds is 4. The number of benzene rings is 1. The van der Waals surface area contributed by atoms with Crippen molar-refractivity contribution >= 4 is 52.6 Å². The normalized spacial score (nSPS) is 10.2. The molecule has 6 heteroatoms. The van der Waals surface area contributed by atoms with Crippen LogP contribution in [0.15, 0.2) is 33.4 Å². The standard InChI is InChI=1S/C13H7Cl2NOS2/c14-9-1-2-12(11(15)6-9)19-13-8(7-16)5-10(18-13)3-4-17/h1-2,4-6H,3H2. The molecule has 0 aliphatic rings. The molecule has 1 aromatic carbocycles. The van der Waals surface area contributed by atoms with E-state index in [1.54, 1.807) is 18.2 Å². The van der Waals surface area contributed by atoms with Crippen molar-refractivity contribution in [3.63, 3.8) is 0 Å². The van der Waals surface area contributed by atoms with Crippen LogP contribution in [0.3, 0.4) is 0 Å². The minimum atomic E-state index is 0.328. The molecule has 0 fully saturated rings. The summed E-state index contributed by atoms with van der Waals surface area (Å²) in [5, 5.41) is 10.2. The van der Waals surface area contributed by atoms with Crippen LogP contribution >= 0.6 is 46.3 Å². The van der Waals surface area contributed by atoms with Crippen LogP contribution in [0.5, 0.6) is 0 Å². The fraction of sp³-hybridized carbons (Fsp3) is 0.0769. The second kappa shape index (κ2) is 6.44. The second-order valence-electron chi connectivity index (χ2n) is 3.57. The quantitative estimate of drug-likeness (QED) is 0.756. The van der Waals surface area contributed by atoms with Gasteiger partial charge in [-0.1, -0.05) is 35.0 Å². The van der Waals surface area contributed by atoms with Crippen LogP contribution in [0.2, 0.25) is 10.0 Å². The van der Waals surface area contributed by atoms with Crippen LogP contribution in [0.1, 0.15) is 10.4 Å². The van der Waals surface area contributed by atoms with Gasteiger partial charge in [-0.25, -0.2) is 0 Å². The molecule has 0 saturated heterocycles. The molecule has 0 unspecified atom stereocenters. The highest BCUT2D eigenvalue weighted by atomic mass is 35.5. The van der Waals surface area contributed by atoms with Gasteiger partial charge < -0.3 is 4.79 Å². The number of aldehydes is 1. The van der Waals surface area contributed by atoms with E-state index in [1.165, 1.54) is 23.1 Å². The molecule has 1 aromatic heterocycles. The summed E-state index contributed by atoms with van der Waals surface area (Å²) in [6.07, 6.45) is 1.16. The van der Waals surface area contributed by atoms with Gasteiger partial charge in [-0.05, 0) is 24.3 Å². The molecule has 96 valence electrons. The van der Waals surface area contributed by atoms with Gasteiger partial charge in [-0.15, -0.1) is 11.3 Å². The largest absolute Gasteiger partial charge is 0.303 e. The Labute approximate surface area is 129 Å². The summed E-state index contributed by atoms with van der Waals surface area (Å²) >= 11 is 14.8. The van der Waals surface area contributed by atoms with E-state index in [2.05, 4.69) is 6.07 Å². The highest BCUT2D eigenvalue weighted by Gasteiger charge is 2.12. The smallest absolute Gasteiger partial charge is 0.125 e. The average Bonchev–Trinajstić information content (AvgIpc) is 2.75. The van der Waals surface area contributed by atoms with E-state index in [0.717, 1.165) is 20.3 Å². The lowest BCUT2D eigenvalue weighted by Crippen LogP contribution is -1.77. The summed E-state index contributed by atoms with van der Waals surface area (Å²) in [6, 6.07) is 9.10. The zero-order valence-electron chi connectivity index (χ0n) is 9.52. The number of hydrogen-bond donors (Lipinski definition) is 0. The lowest BCUT2D eigenvalue weighted by Gasteiger charge is -2.02. The van der Waals surface area contributed by atoms with Gasteiger partial charge in [-0.2, -0.15) is 5.26 Å². The van der Waals surface area contributed by atoms with E-state index in [4.69, 9.17) is 28.5 Å². The third-order valence-electron chi connectivity index (χ3n) is 2.25. The van der Waals surface area contributed by atoms with Crippen molar-refractivity contribution in [3.8, 4) is 6.07 Å². The van der Waals surface area contributed by atoms with Crippen molar-refractivity contribution in [2.45, 2.75) is 15.5 Å². The first-order valence-electron chi connectivity index (χ1n) is 5.23. The Kier molecular flexibility index (Phi) is 4.89. The Morgan fingerprint density at radius 1 is 1.37 bits per heavy atom. The molecule has 2 nitrogen and oxygen atoms in total. The maximum atomic E-state index is 10.5. The molecule has 0 spiro atoms. The topological polar surface area (TPSA) is 40.9 Å². The van der Waals surface area contributed by atoms with Gasteiger partial charge in [0.25, 0.3) is 0 Å². The average molecular weight is 328 g/mol. The predicted octanol–water partition coefficient (Wildman–Crippen LogP) is 4.82. The molecule has 2 rings (SSSR count). The molecule has 0 saturated carbocycles. The first-order valence-corrected chi connectivity index (χ1v) is 7.62. The van der Waals surface area contributed by atoms with E-state index >= 15 is 0 Å². The van der Waals surface area contributed by atoms with Crippen LogP contribution in [0, 0.1) is 11.3 Å². The van der Waals surface area contributed by atoms with Gasteiger partial charge in [0.05, 0.1) is 14.8 Å². The Balaban J connectivity index is 2.32.